The van der Waals surface area contributed by atoms with Crippen LogP contribution < -0.4 is 0 Å². The lowest BCUT2D eigenvalue weighted by Crippen LogP contribution is -2.41. The first-order valence-corrected chi connectivity index (χ1v) is 6.80. The molecule has 21 heavy (non-hydrogen) atoms. The molecule has 0 atom stereocenters. The number of hydrogen-bond donors (Lipinski definition) is 1. The van der Waals surface area contributed by atoms with Gasteiger partial charge in [-0.1, -0.05) is 0 Å². The third-order valence-corrected chi connectivity index (χ3v) is 3.19. The average molecular weight is 295 g/mol. The van der Waals surface area contributed by atoms with Gasteiger partial charge in [-0.05, 0) is 26.0 Å². The zero-order valence-corrected chi connectivity index (χ0v) is 12.6. The molecular formula is C14H21N3O4. The molecular weight excluding hydrogens is 274 g/mol. The molecule has 0 bridgehead atoms. The Bertz CT molecular complexity index is 520. The SMILES string of the molecule is CCN(CC)C(=O)CN(C)C(=O)c1cccn1CC(=O)O. The molecule has 7 nitrogen and oxygen atoms in total. The maximum absolute atomic E-state index is 12.3. The fraction of sp³-hybridized carbons (Fsp3) is 0.500. The van der Waals surface area contributed by atoms with Gasteiger partial charge < -0.3 is 19.5 Å². The van der Waals surface area contributed by atoms with Gasteiger partial charge in [-0.3, -0.25) is 14.4 Å². The molecule has 0 saturated carbocycles. The third-order valence-electron chi connectivity index (χ3n) is 3.19. The number of carboxylic acids is 1. The first kappa shape index (κ1) is 16.7. The van der Waals surface area contributed by atoms with Gasteiger partial charge in [0.05, 0.1) is 6.54 Å². The van der Waals surface area contributed by atoms with Crippen LogP contribution >= 0.6 is 0 Å². The van der Waals surface area contributed by atoms with E-state index in [0.29, 0.717) is 13.1 Å². The van der Waals surface area contributed by atoms with Crippen LogP contribution in [0.15, 0.2) is 18.3 Å². The Morgan fingerprint density at radius 1 is 1.24 bits per heavy atom. The molecule has 1 N–H and O–H groups in total. The smallest absolute Gasteiger partial charge is 0.323 e. The Balaban J connectivity index is 2.77. The van der Waals surface area contributed by atoms with E-state index >= 15 is 0 Å². The lowest BCUT2D eigenvalue weighted by Gasteiger charge is -2.23. The van der Waals surface area contributed by atoms with Crippen molar-refractivity contribution in [2.75, 3.05) is 26.7 Å². The van der Waals surface area contributed by atoms with Gasteiger partial charge in [-0.2, -0.15) is 0 Å². The highest BCUT2D eigenvalue weighted by Gasteiger charge is 2.20. The van der Waals surface area contributed by atoms with Crippen LogP contribution in [0.1, 0.15) is 24.3 Å². The molecule has 1 aromatic heterocycles. The number of hydrogen-bond acceptors (Lipinski definition) is 3. The summed E-state index contributed by atoms with van der Waals surface area (Å²) in [4.78, 5) is 38.0. The second-order valence-corrected chi connectivity index (χ2v) is 4.64. The quantitative estimate of drug-likeness (QED) is 0.794. The van der Waals surface area contributed by atoms with Gasteiger partial charge >= 0.3 is 5.97 Å². The van der Waals surface area contributed by atoms with Crippen molar-refractivity contribution in [2.45, 2.75) is 20.4 Å². The first-order chi connectivity index (χ1) is 9.90. The zero-order chi connectivity index (χ0) is 16.0. The van der Waals surface area contributed by atoms with Gasteiger partial charge in [-0.15, -0.1) is 0 Å². The van der Waals surface area contributed by atoms with Crippen molar-refractivity contribution in [3.05, 3.63) is 24.0 Å². The van der Waals surface area contributed by atoms with Crippen molar-refractivity contribution < 1.29 is 19.5 Å². The standard InChI is InChI=1S/C14H21N3O4/c1-4-16(5-2)12(18)9-15(3)14(21)11-7-6-8-17(11)10-13(19)20/h6-8H,4-5,9-10H2,1-3H3,(H,19,20). The van der Waals surface area contributed by atoms with Crippen LogP contribution in [0.2, 0.25) is 0 Å². The number of amides is 2. The van der Waals surface area contributed by atoms with Crippen LogP contribution in [0, 0.1) is 0 Å². The average Bonchev–Trinajstić information content (AvgIpc) is 2.86. The summed E-state index contributed by atoms with van der Waals surface area (Å²) in [5.74, 6) is -1.53. The van der Waals surface area contributed by atoms with E-state index in [9.17, 15) is 14.4 Å². The van der Waals surface area contributed by atoms with E-state index in [1.165, 1.54) is 22.7 Å². The van der Waals surface area contributed by atoms with E-state index in [4.69, 9.17) is 5.11 Å². The summed E-state index contributed by atoms with van der Waals surface area (Å²) in [5, 5.41) is 8.81. The van der Waals surface area contributed by atoms with E-state index in [1.54, 1.807) is 17.0 Å². The maximum atomic E-state index is 12.3. The summed E-state index contributed by atoms with van der Waals surface area (Å²) in [6.07, 6.45) is 1.53. The van der Waals surface area contributed by atoms with Crippen LogP contribution in [0.5, 0.6) is 0 Å². The third kappa shape index (κ3) is 4.34. The predicted molar refractivity (Wildman–Crippen MR) is 77.0 cm³/mol. The topological polar surface area (TPSA) is 82.9 Å². The molecule has 116 valence electrons. The number of carbonyl (C=O) groups is 3. The number of likely N-dealkylation sites (N-methyl/N-ethyl adjacent to an activating group) is 2. The van der Waals surface area contributed by atoms with E-state index in [1.807, 2.05) is 13.8 Å². The summed E-state index contributed by atoms with van der Waals surface area (Å²) < 4.78 is 1.35. The van der Waals surface area contributed by atoms with Gasteiger partial charge in [0, 0.05) is 26.3 Å². The predicted octanol–water partition coefficient (Wildman–Crippen LogP) is 0.513. The van der Waals surface area contributed by atoms with Crippen LogP contribution in [0.25, 0.3) is 0 Å². The Morgan fingerprint density at radius 2 is 1.86 bits per heavy atom. The Morgan fingerprint density at radius 3 is 2.38 bits per heavy atom. The molecule has 1 aromatic rings. The van der Waals surface area contributed by atoms with Gasteiger partial charge in [0.25, 0.3) is 5.91 Å². The summed E-state index contributed by atoms with van der Waals surface area (Å²) >= 11 is 0. The molecule has 0 unspecified atom stereocenters. The van der Waals surface area contributed by atoms with Crippen LogP contribution in [0.4, 0.5) is 0 Å². The highest BCUT2D eigenvalue weighted by Crippen LogP contribution is 2.06. The molecule has 1 rings (SSSR count). The van der Waals surface area contributed by atoms with Crippen LogP contribution in [-0.4, -0.2) is 63.9 Å². The van der Waals surface area contributed by atoms with Gasteiger partial charge in [0.1, 0.15) is 12.2 Å². The van der Waals surface area contributed by atoms with Crippen molar-refractivity contribution in [1.82, 2.24) is 14.4 Å². The lowest BCUT2D eigenvalue weighted by atomic mass is 10.3. The van der Waals surface area contributed by atoms with Crippen molar-refractivity contribution in [3.63, 3.8) is 0 Å². The highest BCUT2D eigenvalue weighted by molar-refractivity contribution is 5.95. The molecule has 2 amide bonds. The van der Waals surface area contributed by atoms with Crippen molar-refractivity contribution in [2.24, 2.45) is 0 Å². The normalized spacial score (nSPS) is 10.2. The first-order valence-electron chi connectivity index (χ1n) is 6.80. The van der Waals surface area contributed by atoms with Gasteiger partial charge in [-0.25, -0.2) is 0 Å². The Labute approximate surface area is 123 Å². The van der Waals surface area contributed by atoms with Crippen molar-refractivity contribution in [1.29, 1.82) is 0 Å². The molecule has 0 radical (unpaired) electrons. The molecule has 0 aliphatic rings. The molecule has 0 saturated heterocycles. The van der Waals surface area contributed by atoms with Gasteiger partial charge in [0.15, 0.2) is 0 Å². The number of carboxylic acid groups (broad SMARTS) is 1. The summed E-state index contributed by atoms with van der Waals surface area (Å²) in [6.45, 7) is 4.62. The molecule has 0 spiro atoms. The number of aliphatic carboxylic acids is 1. The van der Waals surface area contributed by atoms with Gasteiger partial charge in [0.2, 0.25) is 5.91 Å². The fourth-order valence-electron chi connectivity index (χ4n) is 2.04. The number of aromatic nitrogens is 1. The van der Waals surface area contributed by atoms with Crippen LogP contribution in [0.3, 0.4) is 0 Å². The summed E-state index contributed by atoms with van der Waals surface area (Å²) in [5.41, 5.74) is 0.257. The Kier molecular flexibility index (Phi) is 5.95. The number of carbonyl (C=O) groups excluding carboxylic acids is 2. The van der Waals surface area contributed by atoms with E-state index in [2.05, 4.69) is 0 Å². The van der Waals surface area contributed by atoms with E-state index < -0.39 is 5.97 Å². The van der Waals surface area contributed by atoms with Crippen LogP contribution in [-0.2, 0) is 16.1 Å². The maximum Gasteiger partial charge on any atom is 0.323 e. The minimum absolute atomic E-state index is 0.0290. The molecule has 0 fully saturated rings. The molecule has 0 aliphatic heterocycles. The molecule has 7 heteroatoms. The molecule has 1 heterocycles. The Hall–Kier alpha value is -2.31. The molecule has 0 aliphatic carbocycles. The molecule has 0 aromatic carbocycles. The second-order valence-electron chi connectivity index (χ2n) is 4.64. The van der Waals surface area contributed by atoms with Crippen molar-refractivity contribution >= 4 is 17.8 Å². The summed E-state index contributed by atoms with van der Waals surface area (Å²) in [7, 11) is 1.53. The number of nitrogens with zero attached hydrogens (tertiary/aromatic N) is 3. The fourth-order valence-corrected chi connectivity index (χ4v) is 2.04. The second kappa shape index (κ2) is 7.47. The summed E-state index contributed by atoms with van der Waals surface area (Å²) in [6, 6.07) is 3.15. The van der Waals surface area contributed by atoms with Crippen molar-refractivity contribution in [3.8, 4) is 0 Å². The highest BCUT2D eigenvalue weighted by atomic mass is 16.4. The van der Waals surface area contributed by atoms with E-state index in [0.717, 1.165) is 0 Å². The largest absolute Gasteiger partial charge is 0.480 e. The number of rotatable bonds is 7. The minimum atomic E-state index is -1.03. The monoisotopic (exact) mass is 295 g/mol. The lowest BCUT2D eigenvalue weighted by molar-refractivity contribution is -0.137. The van der Waals surface area contributed by atoms with E-state index in [-0.39, 0.29) is 30.6 Å². The minimum Gasteiger partial charge on any atom is -0.480 e. The zero-order valence-electron chi connectivity index (χ0n) is 12.6.